The number of ether oxygens (including phenoxy) is 3. The summed E-state index contributed by atoms with van der Waals surface area (Å²) in [4.78, 5) is 12.7. The van der Waals surface area contributed by atoms with Gasteiger partial charge in [0, 0.05) is 17.5 Å². The van der Waals surface area contributed by atoms with Crippen LogP contribution in [0.2, 0.25) is 5.02 Å². The van der Waals surface area contributed by atoms with Crippen molar-refractivity contribution in [1.82, 2.24) is 5.32 Å². The lowest BCUT2D eigenvalue weighted by atomic mass is 10.1. The maximum Gasteiger partial charge on any atom is 0.408 e. The number of fused-ring (bicyclic) bond motifs is 1. The van der Waals surface area contributed by atoms with Crippen molar-refractivity contribution in [2.24, 2.45) is 5.73 Å². The first kappa shape index (κ1) is 22.7. The molecule has 3 N–H and O–H groups in total. The van der Waals surface area contributed by atoms with Gasteiger partial charge in [-0.1, -0.05) is 17.7 Å². The van der Waals surface area contributed by atoms with Crippen LogP contribution >= 0.6 is 11.6 Å². The number of hydrogen-bond donors (Lipinski definition) is 2. The van der Waals surface area contributed by atoms with Crippen LogP contribution in [-0.4, -0.2) is 44.2 Å². The zero-order valence-corrected chi connectivity index (χ0v) is 19.5. The van der Waals surface area contributed by atoms with E-state index in [1.165, 1.54) is 24.3 Å². The zero-order chi connectivity index (χ0) is 23.3. The summed E-state index contributed by atoms with van der Waals surface area (Å²) < 4.78 is 43.4. The number of benzene rings is 2. The van der Waals surface area contributed by atoms with Gasteiger partial charge in [-0.3, -0.25) is 0 Å². The van der Waals surface area contributed by atoms with Gasteiger partial charge >= 0.3 is 6.09 Å². The molecule has 2 aromatic carbocycles. The molecule has 0 aromatic heterocycles. The average molecular weight is 481 g/mol. The second-order valence-corrected chi connectivity index (χ2v) is 11.4. The molecule has 0 bridgehead atoms. The molecule has 1 amide bonds. The third-order valence-corrected chi connectivity index (χ3v) is 8.10. The minimum atomic E-state index is -3.88. The number of carbonyl (C=O) groups excluding carboxylic acids is 1. The van der Waals surface area contributed by atoms with Gasteiger partial charge in [0.2, 0.25) is 6.79 Å². The molecule has 8 nitrogen and oxygen atoms in total. The summed E-state index contributed by atoms with van der Waals surface area (Å²) in [6.07, 6.45) is -0.734. The Balaban J connectivity index is 1.75. The quantitative estimate of drug-likeness (QED) is 0.674. The van der Waals surface area contributed by atoms with Crippen molar-refractivity contribution < 1.29 is 27.4 Å². The van der Waals surface area contributed by atoms with Gasteiger partial charge in [0.05, 0.1) is 10.4 Å². The Bertz CT molecular complexity index is 1150. The molecule has 0 radical (unpaired) electrons. The number of alkyl carbamates (subject to hydrolysis) is 1. The molecule has 0 spiro atoms. The maximum atomic E-state index is 13.6. The number of rotatable bonds is 5. The lowest BCUT2D eigenvalue weighted by Gasteiger charge is -2.24. The van der Waals surface area contributed by atoms with Crippen molar-refractivity contribution in [3.63, 3.8) is 0 Å². The van der Waals surface area contributed by atoms with E-state index in [0.29, 0.717) is 22.1 Å². The van der Waals surface area contributed by atoms with E-state index in [4.69, 9.17) is 31.5 Å². The van der Waals surface area contributed by atoms with E-state index < -0.39 is 38.2 Å². The van der Waals surface area contributed by atoms with Gasteiger partial charge in [-0.2, -0.15) is 0 Å². The number of amides is 1. The molecular weight excluding hydrogens is 456 g/mol. The summed E-state index contributed by atoms with van der Waals surface area (Å²) in [5.74, 6) is 0.473. The van der Waals surface area contributed by atoms with E-state index in [1.54, 1.807) is 39.0 Å². The number of halogens is 1. The summed E-state index contributed by atoms with van der Waals surface area (Å²) in [6, 6.07) is 11.1. The molecule has 1 saturated carbocycles. The van der Waals surface area contributed by atoms with E-state index in [1.807, 2.05) is 0 Å². The fourth-order valence-corrected chi connectivity index (χ4v) is 6.62. The maximum absolute atomic E-state index is 13.6. The van der Waals surface area contributed by atoms with Gasteiger partial charge < -0.3 is 25.3 Å². The monoisotopic (exact) mass is 480 g/mol. The summed E-state index contributed by atoms with van der Waals surface area (Å²) >= 11 is 5.94. The van der Waals surface area contributed by atoms with Crippen LogP contribution in [-0.2, 0) is 14.6 Å². The smallest absolute Gasteiger partial charge is 0.408 e. The van der Waals surface area contributed by atoms with Crippen molar-refractivity contribution in [3.8, 4) is 11.5 Å². The van der Waals surface area contributed by atoms with Gasteiger partial charge in [-0.25, -0.2) is 13.2 Å². The molecular formula is C22H25ClN2O6S. The largest absolute Gasteiger partial charge is 0.454 e. The van der Waals surface area contributed by atoms with Crippen molar-refractivity contribution in [1.29, 1.82) is 0 Å². The highest BCUT2D eigenvalue weighted by molar-refractivity contribution is 7.92. The van der Waals surface area contributed by atoms with Crippen LogP contribution < -0.4 is 20.5 Å². The molecule has 10 heteroatoms. The normalized spacial score (nSPS) is 24.2. The molecule has 0 saturated heterocycles. The van der Waals surface area contributed by atoms with Crippen LogP contribution in [0.1, 0.15) is 32.3 Å². The van der Waals surface area contributed by atoms with Crippen LogP contribution in [0, 0.1) is 0 Å². The van der Waals surface area contributed by atoms with Gasteiger partial charge in [-0.15, -0.1) is 0 Å². The number of nitrogens with two attached hydrogens (primary N) is 1. The fourth-order valence-electron chi connectivity index (χ4n) is 4.15. The Labute approximate surface area is 191 Å². The first-order chi connectivity index (χ1) is 15.0. The van der Waals surface area contributed by atoms with Crippen molar-refractivity contribution >= 4 is 27.5 Å². The van der Waals surface area contributed by atoms with Gasteiger partial charge in [0.1, 0.15) is 10.9 Å². The third-order valence-electron chi connectivity index (χ3n) is 5.56. The highest BCUT2D eigenvalue weighted by Gasteiger charge is 2.72. The molecule has 1 aliphatic carbocycles. The van der Waals surface area contributed by atoms with E-state index in [-0.39, 0.29) is 18.2 Å². The topological polar surface area (TPSA) is 117 Å². The summed E-state index contributed by atoms with van der Waals surface area (Å²) in [6.45, 7) is 5.17. The third kappa shape index (κ3) is 4.00. The molecule has 1 heterocycles. The second kappa shape index (κ2) is 7.83. The average Bonchev–Trinajstić information content (AvgIpc) is 3.13. The number of carbonyl (C=O) groups is 1. The van der Waals surface area contributed by atoms with Crippen LogP contribution in [0.25, 0.3) is 0 Å². The van der Waals surface area contributed by atoms with Crippen molar-refractivity contribution in [3.05, 3.63) is 53.1 Å². The number of nitrogens with one attached hydrogen (secondary N) is 1. The van der Waals surface area contributed by atoms with E-state index in [2.05, 4.69) is 5.32 Å². The highest BCUT2D eigenvalue weighted by atomic mass is 35.5. The first-order valence-electron chi connectivity index (χ1n) is 10.1. The Hall–Kier alpha value is -2.49. The molecule has 1 fully saturated rings. The molecule has 0 unspecified atom stereocenters. The minimum absolute atomic E-state index is 0.0914. The zero-order valence-electron chi connectivity index (χ0n) is 17.9. The predicted octanol–water partition coefficient (Wildman–Crippen LogP) is 3.23. The standard InChI is InChI=1S/C22H25ClN2O6S/c1-21(2,3)31-20(26)25-22(11-24)18(13-4-9-16-17(10-13)30-12-29-16)19(22)32(27,28)15-7-5-14(23)6-8-15/h4-10,18-19H,11-12,24H2,1-3H3,(H,25,26)/t18-,19-,22+/m0/s1. The van der Waals surface area contributed by atoms with E-state index >= 15 is 0 Å². The predicted molar refractivity (Wildman–Crippen MR) is 119 cm³/mol. The first-order valence-corrected chi connectivity index (χ1v) is 12.0. The number of sulfone groups is 1. The SMILES string of the molecule is CC(C)(C)OC(=O)N[C@]1(CN)[C@@H](c2ccc3c(c2)OCO3)[C@@H]1S(=O)(=O)c1ccc(Cl)cc1. The lowest BCUT2D eigenvalue weighted by Crippen LogP contribution is -2.49. The molecule has 172 valence electrons. The minimum Gasteiger partial charge on any atom is -0.454 e. The van der Waals surface area contributed by atoms with Gasteiger partial charge in [0.15, 0.2) is 21.3 Å². The van der Waals surface area contributed by atoms with Crippen LogP contribution in [0.15, 0.2) is 47.4 Å². The molecule has 3 atom stereocenters. The fraction of sp³-hybridized carbons (Fsp3) is 0.409. The van der Waals surface area contributed by atoms with E-state index in [9.17, 15) is 13.2 Å². The van der Waals surface area contributed by atoms with Crippen LogP contribution in [0.3, 0.4) is 0 Å². The molecule has 2 aromatic rings. The van der Waals surface area contributed by atoms with Gasteiger partial charge in [-0.05, 0) is 62.7 Å². The molecule has 4 rings (SSSR count). The van der Waals surface area contributed by atoms with Crippen molar-refractivity contribution in [2.45, 2.75) is 48.0 Å². The summed E-state index contributed by atoms with van der Waals surface area (Å²) in [5.41, 5.74) is 4.75. The Kier molecular flexibility index (Phi) is 5.55. The summed E-state index contributed by atoms with van der Waals surface area (Å²) in [7, 11) is -3.88. The molecule has 2 aliphatic rings. The Morgan fingerprint density at radius 1 is 1.19 bits per heavy atom. The van der Waals surface area contributed by atoms with E-state index in [0.717, 1.165) is 0 Å². The lowest BCUT2D eigenvalue weighted by molar-refractivity contribution is 0.0497. The second-order valence-electron chi connectivity index (χ2n) is 8.88. The Morgan fingerprint density at radius 3 is 2.47 bits per heavy atom. The number of hydrogen-bond acceptors (Lipinski definition) is 7. The Morgan fingerprint density at radius 2 is 1.84 bits per heavy atom. The van der Waals surface area contributed by atoms with Crippen LogP contribution in [0.5, 0.6) is 11.5 Å². The van der Waals surface area contributed by atoms with Crippen molar-refractivity contribution in [2.75, 3.05) is 13.3 Å². The molecule has 1 aliphatic heterocycles. The summed E-state index contributed by atoms with van der Waals surface area (Å²) in [5, 5.41) is 2.18. The van der Waals surface area contributed by atoms with Crippen LogP contribution in [0.4, 0.5) is 4.79 Å². The van der Waals surface area contributed by atoms with Gasteiger partial charge in [0.25, 0.3) is 0 Å². The highest BCUT2D eigenvalue weighted by Crippen LogP contribution is 2.58. The molecule has 32 heavy (non-hydrogen) atoms.